The number of nitro benzene ring substituents is 1. The minimum atomic E-state index is -0.860. The van der Waals surface area contributed by atoms with Gasteiger partial charge in [-0.25, -0.2) is 4.79 Å². The number of rotatable bonds is 28. The Labute approximate surface area is 479 Å². The van der Waals surface area contributed by atoms with E-state index >= 15 is 0 Å². The molecule has 83 heavy (non-hydrogen) atoms. The van der Waals surface area contributed by atoms with Crippen LogP contribution in [0.2, 0.25) is 0 Å². The lowest BCUT2D eigenvalue weighted by molar-refractivity contribution is -0.385. The molecular formula is C60H66N6O17. The van der Waals surface area contributed by atoms with E-state index in [0.717, 1.165) is 32.1 Å². The predicted molar refractivity (Wildman–Crippen MR) is 310 cm³/mol. The van der Waals surface area contributed by atoms with Gasteiger partial charge in [0.05, 0.1) is 130 Å². The highest BCUT2D eigenvalue weighted by Gasteiger charge is 2.30. The lowest BCUT2D eigenvalue weighted by Gasteiger charge is -2.20. The zero-order valence-corrected chi connectivity index (χ0v) is 47.7. The van der Waals surface area contributed by atoms with Crippen molar-refractivity contribution in [2.75, 3.05) is 83.0 Å². The number of nitrogens with zero attached hydrogens (tertiary/aromatic N) is 1. The topological polar surface area (TPSA) is 289 Å². The van der Waals surface area contributed by atoms with Crippen molar-refractivity contribution in [1.82, 2.24) is 0 Å². The van der Waals surface area contributed by atoms with Gasteiger partial charge < -0.3 is 69.2 Å². The number of hydrogen-bond donors (Lipinski definition) is 5. The van der Waals surface area contributed by atoms with Gasteiger partial charge in [-0.1, -0.05) is 63.3 Å². The number of ether oxygens (including phenoxy) is 9. The largest absolute Gasteiger partial charge is 0.494 e. The van der Waals surface area contributed by atoms with E-state index in [1.54, 1.807) is 13.8 Å². The van der Waals surface area contributed by atoms with Crippen molar-refractivity contribution >= 4 is 69.6 Å². The molecule has 0 aliphatic rings. The minimum absolute atomic E-state index is 0.0104. The maximum atomic E-state index is 14.5. The fourth-order valence-electron chi connectivity index (χ4n) is 8.86. The molecule has 5 N–H and O–H groups in total. The first-order chi connectivity index (χ1) is 40.0. The third kappa shape index (κ3) is 15.0. The van der Waals surface area contributed by atoms with Gasteiger partial charge in [-0.3, -0.25) is 34.1 Å². The number of carbonyl (C=O) groups excluding carboxylic acids is 6. The molecule has 0 saturated carbocycles. The first-order valence-electron chi connectivity index (χ1n) is 26.2. The van der Waals surface area contributed by atoms with E-state index in [4.69, 9.17) is 42.6 Å². The van der Waals surface area contributed by atoms with Crippen LogP contribution in [0.1, 0.15) is 121 Å². The lowest BCUT2D eigenvalue weighted by Crippen LogP contribution is -2.20. The number of unbranched alkanes of at least 4 members (excludes halogenated alkanes) is 5. The van der Waals surface area contributed by atoms with Crippen LogP contribution in [-0.4, -0.2) is 103 Å². The molecule has 0 unspecified atom stereocenters. The van der Waals surface area contributed by atoms with E-state index in [2.05, 4.69) is 33.5 Å². The molecule has 6 aromatic carbocycles. The number of benzene rings is 6. The highest BCUT2D eigenvalue weighted by atomic mass is 16.6. The lowest BCUT2D eigenvalue weighted by atomic mass is 10.1. The molecule has 6 rings (SSSR count). The number of nitro groups is 1. The molecule has 0 aliphatic heterocycles. The van der Waals surface area contributed by atoms with Crippen molar-refractivity contribution in [3.05, 3.63) is 141 Å². The van der Waals surface area contributed by atoms with Crippen molar-refractivity contribution in [3.63, 3.8) is 0 Å². The van der Waals surface area contributed by atoms with E-state index in [-0.39, 0.29) is 114 Å². The highest BCUT2D eigenvalue weighted by molar-refractivity contribution is 6.15. The van der Waals surface area contributed by atoms with E-state index < -0.39 is 52.2 Å². The normalized spacial score (nSPS) is 10.6. The summed E-state index contributed by atoms with van der Waals surface area (Å²) in [6, 6.07) is 23.2. The Kier molecular flexibility index (Phi) is 22.0. The number of amides is 5. The summed E-state index contributed by atoms with van der Waals surface area (Å²) in [4.78, 5) is 94.7. The molecule has 0 saturated heterocycles. The summed E-state index contributed by atoms with van der Waals surface area (Å²) in [5.74, 6) is -4.77. The number of anilines is 5. The van der Waals surface area contributed by atoms with E-state index in [1.807, 2.05) is 0 Å². The molecule has 23 heteroatoms. The Morgan fingerprint density at radius 3 is 1.22 bits per heavy atom. The quantitative estimate of drug-likeness (QED) is 0.0132. The standard InChI is InChI=1S/C60H66N6O17/c1-11-12-13-14-15-16-29-82-35-30-42(54(80-9)48(33-35)66(73)74)59(71)65-47-32-36(83-34(2)3)31-41(53(47)79-8)58(70)64-45-27-19-23-39(51(45)77-6)56(68)62-43-25-17-21-37(49(43)75-4)55(67)61-44-26-18-22-38(50(44)76-5)57(69)63-46-28-20-24-40(52(46)78-7)60(72)81-10/h17-28,30-34H,11-16,29H2,1-10H3,(H,61,67)(H,62,68)(H,63,69)(H,64,70)(H,65,71). The van der Waals surface area contributed by atoms with Crippen LogP contribution in [0.5, 0.6) is 46.0 Å². The van der Waals surface area contributed by atoms with E-state index in [1.165, 1.54) is 147 Å². The monoisotopic (exact) mass is 1140 g/mol. The molecular weight excluding hydrogens is 1080 g/mol. The second-order valence-electron chi connectivity index (χ2n) is 18.4. The number of hydrogen-bond acceptors (Lipinski definition) is 17. The van der Waals surface area contributed by atoms with Gasteiger partial charge in [0.25, 0.3) is 29.5 Å². The zero-order chi connectivity index (χ0) is 60.3. The van der Waals surface area contributed by atoms with Crippen molar-refractivity contribution in [2.45, 2.75) is 65.4 Å². The Morgan fingerprint density at radius 1 is 0.446 bits per heavy atom. The van der Waals surface area contributed by atoms with Crippen molar-refractivity contribution < 1.29 is 76.3 Å². The van der Waals surface area contributed by atoms with Gasteiger partial charge >= 0.3 is 11.7 Å². The predicted octanol–water partition coefficient (Wildman–Crippen LogP) is 11.2. The SMILES string of the molecule is CCCCCCCCOc1cc(C(=O)Nc2cc(OC(C)C)cc(C(=O)Nc3cccc(C(=O)Nc4cccc(C(=O)Nc5cccc(C(=O)Nc6cccc(C(=O)OC)c6OC)c5OC)c4OC)c3OC)c2OC)c(OC)c([N+](=O)[O-])c1. The second-order valence-corrected chi connectivity index (χ2v) is 18.4. The highest BCUT2D eigenvalue weighted by Crippen LogP contribution is 2.41. The summed E-state index contributed by atoms with van der Waals surface area (Å²) in [6.45, 7) is 5.90. The van der Waals surface area contributed by atoms with Crippen LogP contribution in [0.25, 0.3) is 0 Å². The van der Waals surface area contributed by atoms with Gasteiger partial charge in [-0.2, -0.15) is 0 Å². The Balaban J connectivity index is 1.24. The fourth-order valence-corrected chi connectivity index (χ4v) is 8.86. The molecule has 0 radical (unpaired) electrons. The molecule has 6 aromatic rings. The van der Waals surface area contributed by atoms with Crippen molar-refractivity contribution in [3.8, 4) is 46.0 Å². The van der Waals surface area contributed by atoms with Gasteiger partial charge in [0.15, 0.2) is 28.7 Å². The Morgan fingerprint density at radius 2 is 0.807 bits per heavy atom. The molecule has 0 fully saturated rings. The second kappa shape index (κ2) is 29.4. The van der Waals surface area contributed by atoms with Gasteiger partial charge in [0, 0.05) is 6.07 Å². The number of methoxy groups -OCH3 is 7. The molecule has 23 nitrogen and oxygen atoms in total. The molecule has 0 bridgehead atoms. The van der Waals surface area contributed by atoms with Crippen LogP contribution in [0.3, 0.4) is 0 Å². The van der Waals surface area contributed by atoms with Crippen LogP contribution in [0.15, 0.2) is 97.1 Å². The van der Waals surface area contributed by atoms with Gasteiger partial charge in [-0.05, 0) is 80.9 Å². The average molecular weight is 1140 g/mol. The number of nitrogens with one attached hydrogen (secondary N) is 5. The molecule has 0 heterocycles. The molecule has 438 valence electrons. The van der Waals surface area contributed by atoms with Crippen molar-refractivity contribution in [1.29, 1.82) is 0 Å². The van der Waals surface area contributed by atoms with Crippen LogP contribution < -0.4 is 64.5 Å². The third-order valence-electron chi connectivity index (χ3n) is 12.6. The maximum Gasteiger partial charge on any atom is 0.341 e. The van der Waals surface area contributed by atoms with Crippen LogP contribution in [-0.2, 0) is 4.74 Å². The van der Waals surface area contributed by atoms with Crippen LogP contribution in [0, 0.1) is 10.1 Å². The fraction of sp³-hybridized carbons (Fsp3) is 0.300. The van der Waals surface area contributed by atoms with Crippen molar-refractivity contribution in [2.24, 2.45) is 0 Å². The summed E-state index contributed by atoms with van der Waals surface area (Å²) in [7, 11) is 8.92. The van der Waals surface area contributed by atoms with Crippen LogP contribution >= 0.6 is 0 Å². The number of para-hydroxylation sites is 4. The Hall–Kier alpha value is -10.1. The van der Waals surface area contributed by atoms with Gasteiger partial charge in [-0.15, -0.1) is 0 Å². The van der Waals surface area contributed by atoms with Crippen LogP contribution in [0.4, 0.5) is 34.1 Å². The molecule has 0 aromatic heterocycles. The summed E-state index contributed by atoms with van der Waals surface area (Å²) in [6.07, 6.45) is 5.53. The summed E-state index contributed by atoms with van der Waals surface area (Å²) >= 11 is 0. The molecule has 0 aliphatic carbocycles. The molecule has 0 spiro atoms. The smallest absolute Gasteiger partial charge is 0.341 e. The first kappa shape index (κ1) is 62.1. The maximum absolute atomic E-state index is 14.5. The molecule has 0 atom stereocenters. The minimum Gasteiger partial charge on any atom is -0.494 e. The first-order valence-corrected chi connectivity index (χ1v) is 26.2. The number of esters is 1. The van der Waals surface area contributed by atoms with Gasteiger partial charge in [0.2, 0.25) is 5.75 Å². The third-order valence-corrected chi connectivity index (χ3v) is 12.6. The molecule has 5 amide bonds. The number of carbonyl (C=O) groups is 6. The Bertz CT molecular complexity index is 3380. The van der Waals surface area contributed by atoms with E-state index in [0.29, 0.717) is 6.42 Å². The summed E-state index contributed by atoms with van der Waals surface area (Å²) < 4.78 is 50.3. The summed E-state index contributed by atoms with van der Waals surface area (Å²) in [5, 5.41) is 26.0. The zero-order valence-electron chi connectivity index (χ0n) is 47.7. The summed E-state index contributed by atoms with van der Waals surface area (Å²) in [5.41, 5.74) is -0.573. The van der Waals surface area contributed by atoms with E-state index in [9.17, 15) is 38.9 Å². The average Bonchev–Trinajstić information content (AvgIpc) is 3.62. The van der Waals surface area contributed by atoms with Gasteiger partial charge in [0.1, 0.15) is 17.1 Å².